The highest BCUT2D eigenvalue weighted by Gasteiger charge is 1.52. The van der Waals surface area contributed by atoms with Crippen molar-refractivity contribution in [2.75, 3.05) is 5.75 Å². The van der Waals surface area contributed by atoms with Crippen molar-refractivity contribution < 1.29 is 4.21 Å². The summed E-state index contributed by atoms with van der Waals surface area (Å²) in [5.41, 5.74) is 0. The first-order chi connectivity index (χ1) is 2.77. The van der Waals surface area contributed by atoms with Crippen molar-refractivity contribution in [3.63, 3.8) is 0 Å². The lowest BCUT2D eigenvalue weighted by Crippen LogP contribution is -1.73. The zero-order chi connectivity index (χ0) is 4.99. The minimum atomic E-state index is -1.22. The predicted molar refractivity (Wildman–Crippen MR) is 29.1 cm³/mol. The molecule has 1 nitrogen and oxygen atoms in total. The molecule has 0 saturated carbocycles. The van der Waals surface area contributed by atoms with Crippen LogP contribution in [0.2, 0.25) is 0 Å². The van der Waals surface area contributed by atoms with Gasteiger partial charge in [-0.1, -0.05) is 0 Å². The van der Waals surface area contributed by atoms with E-state index in [-0.39, 0.29) is 5.75 Å². The Hall–Kier alpha value is -0.0700. The number of hydrogen-bond donors (Lipinski definition) is 0. The molecule has 0 aromatic rings. The Morgan fingerprint density at radius 1 is 2.00 bits per heavy atom. The zero-order valence-corrected chi connectivity index (χ0v) is 4.64. The summed E-state index contributed by atoms with van der Waals surface area (Å²) < 4.78 is 9.83. The second-order valence-corrected chi connectivity index (χ2v) is 2.66. The van der Waals surface area contributed by atoms with Gasteiger partial charge in [0.1, 0.15) is 0 Å². The molecule has 0 spiro atoms. The smallest absolute Gasteiger partial charge is 0.0335 e. The molecule has 0 aliphatic rings. The maximum atomic E-state index is 9.83. The molecule has 0 aliphatic carbocycles. The molecular formula is C3H3OS2-. The minimum absolute atomic E-state index is 0.190. The Balaban J connectivity index is 3.41. The normalized spacial score (nSPS) is 8.00. The van der Waals surface area contributed by atoms with E-state index in [1.54, 1.807) is 0 Å². The zero-order valence-electron chi connectivity index (χ0n) is 3.01. The summed E-state index contributed by atoms with van der Waals surface area (Å²) in [4.78, 5) is 0. The van der Waals surface area contributed by atoms with Crippen molar-refractivity contribution >= 4 is 20.5 Å². The molecule has 6 heavy (non-hydrogen) atoms. The van der Waals surface area contributed by atoms with Gasteiger partial charge in [-0.2, -0.15) is 9.36 Å². The molecule has 0 rings (SSSR count). The van der Waals surface area contributed by atoms with Crippen LogP contribution in [0.25, 0.3) is 0 Å². The minimum Gasteiger partial charge on any atom is -0.450 e. The third-order valence-corrected chi connectivity index (χ3v) is 0.957. The summed E-state index contributed by atoms with van der Waals surface area (Å²) in [6.45, 7) is 0. The van der Waals surface area contributed by atoms with Crippen molar-refractivity contribution in [3.05, 3.63) is 0 Å². The maximum absolute atomic E-state index is 9.83. The monoisotopic (exact) mass is 119 g/mol. The van der Waals surface area contributed by atoms with Gasteiger partial charge in [0.25, 0.3) is 0 Å². The molecule has 0 heterocycles. The van der Waals surface area contributed by atoms with Crippen LogP contribution >= 0.6 is 0 Å². The quantitative estimate of drug-likeness (QED) is 0.358. The van der Waals surface area contributed by atoms with Crippen molar-refractivity contribution in [1.29, 1.82) is 0 Å². The van der Waals surface area contributed by atoms with E-state index in [0.717, 1.165) is 0 Å². The molecule has 0 amide bonds. The van der Waals surface area contributed by atoms with Gasteiger partial charge in [-0.05, 0) is 5.75 Å². The molecule has 0 radical (unpaired) electrons. The molecule has 0 aromatic carbocycles. The summed E-state index contributed by atoms with van der Waals surface area (Å²) in [7, 11) is -1.22. The number of rotatable bonds is 1. The molecular weight excluding hydrogens is 116 g/mol. The standard InChI is InChI=1S/C3H3OS2/c1-2-3-6(4)5/h1H,3H2/q-1. The van der Waals surface area contributed by atoms with Crippen LogP contribution in [0.15, 0.2) is 0 Å². The van der Waals surface area contributed by atoms with E-state index in [9.17, 15) is 4.21 Å². The van der Waals surface area contributed by atoms with E-state index in [2.05, 4.69) is 17.1 Å². The first kappa shape index (κ1) is 5.93. The Kier molecular flexibility index (Phi) is 3.10. The number of hydrogen-bond acceptors (Lipinski definition) is 3. The van der Waals surface area contributed by atoms with E-state index < -0.39 is 9.36 Å². The van der Waals surface area contributed by atoms with Gasteiger partial charge in [-0.25, -0.2) is 11.2 Å². The first-order valence-electron chi connectivity index (χ1n) is 1.26. The largest absolute Gasteiger partial charge is 0.450 e. The topological polar surface area (TPSA) is 17.1 Å². The average Bonchev–Trinajstić information content (AvgIpc) is 1.35. The summed E-state index contributed by atoms with van der Waals surface area (Å²) >= 11 is 4.21. The molecule has 3 heteroatoms. The van der Waals surface area contributed by atoms with E-state index in [1.807, 2.05) is 0 Å². The first-order valence-corrected chi connectivity index (χ1v) is 3.51. The molecule has 34 valence electrons. The molecule has 0 aromatic heterocycles. The molecule has 0 fully saturated rings. The third kappa shape index (κ3) is 3.93. The van der Waals surface area contributed by atoms with Crippen molar-refractivity contribution in [2.45, 2.75) is 0 Å². The molecule has 0 atom stereocenters. The van der Waals surface area contributed by atoms with Crippen LogP contribution in [-0.2, 0) is 24.8 Å². The highest BCUT2D eigenvalue weighted by atomic mass is 32.8. The number of terminal acetylenes is 1. The van der Waals surface area contributed by atoms with Crippen molar-refractivity contribution in [2.24, 2.45) is 0 Å². The summed E-state index contributed by atoms with van der Waals surface area (Å²) in [5.74, 6) is 2.35. The Morgan fingerprint density at radius 3 is 2.50 bits per heavy atom. The Bertz CT molecular complexity index is 120. The summed E-state index contributed by atoms with van der Waals surface area (Å²) in [6.07, 6.45) is 4.72. The summed E-state index contributed by atoms with van der Waals surface area (Å²) in [6, 6.07) is 0. The molecule has 0 unspecified atom stereocenters. The summed E-state index contributed by atoms with van der Waals surface area (Å²) in [5, 5.41) is 0. The van der Waals surface area contributed by atoms with E-state index >= 15 is 0 Å². The maximum Gasteiger partial charge on any atom is -0.0335 e. The molecule has 0 bridgehead atoms. The fourth-order valence-electron chi connectivity index (χ4n) is 0.0680. The van der Waals surface area contributed by atoms with E-state index in [4.69, 9.17) is 6.42 Å². The predicted octanol–water partition coefficient (Wildman–Crippen LogP) is 0.0453. The lowest BCUT2D eigenvalue weighted by atomic mass is 10.8. The van der Waals surface area contributed by atoms with Gasteiger partial charge >= 0.3 is 0 Å². The second kappa shape index (κ2) is 3.13. The van der Waals surface area contributed by atoms with Crippen molar-refractivity contribution in [3.8, 4) is 12.3 Å². The Morgan fingerprint density at radius 2 is 2.50 bits per heavy atom. The average molecular weight is 119 g/mol. The van der Waals surface area contributed by atoms with Crippen LogP contribution in [0.3, 0.4) is 0 Å². The van der Waals surface area contributed by atoms with Crippen LogP contribution in [0.5, 0.6) is 0 Å². The molecule has 0 aliphatic heterocycles. The van der Waals surface area contributed by atoms with Crippen LogP contribution in [0, 0.1) is 12.3 Å². The van der Waals surface area contributed by atoms with Crippen LogP contribution in [0.1, 0.15) is 0 Å². The van der Waals surface area contributed by atoms with Gasteiger partial charge in [0, 0.05) is 0 Å². The lowest BCUT2D eigenvalue weighted by molar-refractivity contribution is 0.605. The molecule has 0 N–H and O–H groups in total. The second-order valence-electron chi connectivity index (χ2n) is 0.652. The van der Waals surface area contributed by atoms with Crippen molar-refractivity contribution in [1.82, 2.24) is 0 Å². The highest BCUT2D eigenvalue weighted by molar-refractivity contribution is 8.21. The lowest BCUT2D eigenvalue weighted by Gasteiger charge is -1.80. The molecule has 0 saturated heterocycles. The van der Waals surface area contributed by atoms with Gasteiger partial charge in [-0.3, -0.25) is 0 Å². The fraction of sp³-hybridized carbons (Fsp3) is 0.333. The van der Waals surface area contributed by atoms with Crippen LogP contribution in [-0.4, -0.2) is 5.75 Å². The van der Waals surface area contributed by atoms with Gasteiger partial charge < -0.3 is 4.21 Å². The SMILES string of the molecule is C#CC[S-](=O)=S. The van der Waals surface area contributed by atoms with Crippen LogP contribution in [0.4, 0.5) is 0 Å². The fourth-order valence-corrected chi connectivity index (χ4v) is 0.408. The van der Waals surface area contributed by atoms with Gasteiger partial charge in [-0.15, -0.1) is 12.3 Å². The van der Waals surface area contributed by atoms with Crippen LogP contribution < -0.4 is 0 Å². The highest BCUT2D eigenvalue weighted by Crippen LogP contribution is 1.57. The van der Waals surface area contributed by atoms with Gasteiger partial charge in [0.2, 0.25) is 0 Å². The van der Waals surface area contributed by atoms with Gasteiger partial charge in [0.05, 0.1) is 0 Å². The Labute approximate surface area is 43.5 Å². The third-order valence-electron chi connectivity index (χ3n) is 0.201. The van der Waals surface area contributed by atoms with E-state index in [1.165, 1.54) is 0 Å². The van der Waals surface area contributed by atoms with Gasteiger partial charge in [0.15, 0.2) is 0 Å². The van der Waals surface area contributed by atoms with E-state index in [0.29, 0.717) is 0 Å².